The lowest BCUT2D eigenvalue weighted by Crippen LogP contribution is -2.60. The number of anilines is 1. The van der Waals surface area contributed by atoms with Crippen molar-refractivity contribution in [3.8, 4) is 5.75 Å². The van der Waals surface area contributed by atoms with Gasteiger partial charge in [-0.15, -0.1) is 0 Å². The molecule has 0 saturated carbocycles. The van der Waals surface area contributed by atoms with Gasteiger partial charge in [-0.25, -0.2) is 0 Å². The molecule has 3 rings (SSSR count). The lowest BCUT2D eigenvalue weighted by atomic mass is 9.97. The van der Waals surface area contributed by atoms with Crippen LogP contribution in [0.15, 0.2) is 30.4 Å². The standard InChI is InChI=1S/C46H70N6O23S/c1-46(2,3)45(64)73-26-29-4-5-32(74-44-42(62)41(61)40(60)33(25-53)75-44)30(24-29)50-35(55)8-11-47-37(57)27-72-17-13-49-43(63)31(28-76(65,66)67)51-36(56)10-15-68-18-20-70-22-23-71-21-19-69-16-12-48-34(54)9-14-52-38(58)6-7-39(52)59/h4-7,24,31,33,40-42,44,53,60-62H,8-23,25-28H2,1-3H3,(H,47,57)(H,48,54)(H,49,63)(H,50,55)(H,51,56)(H,65,66,67)/t31-,33+,40-,41-,42+,44+/m0/s1. The Kier molecular flexibility index (Phi) is 28.4. The van der Waals surface area contributed by atoms with Crippen LogP contribution in [0.1, 0.15) is 45.6 Å². The Morgan fingerprint density at radius 3 is 1.92 bits per heavy atom. The fourth-order valence-corrected chi connectivity index (χ4v) is 7.09. The fraction of sp³-hybridized carbons (Fsp3) is 0.652. The molecule has 2 aliphatic heterocycles. The molecule has 2 heterocycles. The summed E-state index contributed by atoms with van der Waals surface area (Å²) in [7, 11) is -4.73. The van der Waals surface area contributed by atoms with Gasteiger partial charge in [0.2, 0.25) is 35.8 Å². The number of hydrogen-bond donors (Lipinski definition) is 10. The van der Waals surface area contributed by atoms with Crippen molar-refractivity contribution in [1.29, 1.82) is 0 Å². The SMILES string of the molecule is CC(C)(C)C(=O)OCc1ccc(O[C@@H]2O[C@H](CO)[C@H](O)[C@H](O)[C@H]2O)c(NC(=O)CCNC(=O)COCCNC(=O)[C@H](CS(=O)(=O)O)NC(=O)CCOCCOCCOCCOCCNC(=O)CCN2C(=O)C=CC2=O)c1. The number of aliphatic hydroxyl groups excluding tert-OH is 4. The van der Waals surface area contributed by atoms with Gasteiger partial charge in [-0.3, -0.25) is 47.8 Å². The predicted molar refractivity (Wildman–Crippen MR) is 260 cm³/mol. The number of amides is 7. The quantitative estimate of drug-likeness (QED) is 0.0132. The van der Waals surface area contributed by atoms with Crippen LogP contribution in [-0.2, 0) is 88.2 Å². The lowest BCUT2D eigenvalue weighted by molar-refractivity contribution is -0.277. The molecule has 0 aliphatic carbocycles. The summed E-state index contributed by atoms with van der Waals surface area (Å²) in [5.41, 5.74) is -0.370. The maximum absolute atomic E-state index is 13.0. The maximum atomic E-state index is 13.0. The third-order valence-electron chi connectivity index (χ3n) is 10.5. The normalized spacial score (nSPS) is 18.9. The van der Waals surface area contributed by atoms with Gasteiger partial charge in [-0.05, 0) is 38.5 Å². The zero-order chi connectivity index (χ0) is 56.3. The minimum Gasteiger partial charge on any atom is -0.460 e. The van der Waals surface area contributed by atoms with Gasteiger partial charge in [0, 0.05) is 57.6 Å². The minimum absolute atomic E-state index is 0.00980. The van der Waals surface area contributed by atoms with Crippen LogP contribution < -0.4 is 31.3 Å². The van der Waals surface area contributed by atoms with Crippen molar-refractivity contribution >= 4 is 63.1 Å². The Morgan fingerprint density at radius 1 is 0.711 bits per heavy atom. The van der Waals surface area contributed by atoms with Gasteiger partial charge in [0.15, 0.2) is 0 Å². The molecule has 0 bridgehead atoms. The first kappa shape index (κ1) is 64.5. The average Bonchev–Trinajstić information content (AvgIpc) is 3.68. The monoisotopic (exact) mass is 1110 g/mol. The van der Waals surface area contributed by atoms with E-state index >= 15 is 0 Å². The summed E-state index contributed by atoms with van der Waals surface area (Å²) in [6, 6.07) is 2.60. The van der Waals surface area contributed by atoms with E-state index in [0.29, 0.717) is 5.56 Å². The van der Waals surface area contributed by atoms with E-state index in [1.807, 2.05) is 0 Å². The molecule has 76 heavy (non-hydrogen) atoms. The zero-order valence-corrected chi connectivity index (χ0v) is 43.2. The summed E-state index contributed by atoms with van der Waals surface area (Å²) in [6.07, 6.45) is -6.32. The number of rotatable bonds is 36. The first-order valence-corrected chi connectivity index (χ1v) is 25.6. The summed E-state index contributed by atoms with van der Waals surface area (Å²) < 4.78 is 75.8. The smallest absolute Gasteiger partial charge is 0.311 e. The molecule has 2 aliphatic rings. The second-order valence-electron chi connectivity index (χ2n) is 17.8. The van der Waals surface area contributed by atoms with E-state index in [2.05, 4.69) is 26.6 Å². The molecular weight excluding hydrogens is 1040 g/mol. The highest BCUT2D eigenvalue weighted by atomic mass is 32.2. The van der Waals surface area contributed by atoms with Crippen molar-refractivity contribution in [3.63, 3.8) is 0 Å². The average molecular weight is 1110 g/mol. The third kappa shape index (κ3) is 24.9. The van der Waals surface area contributed by atoms with Crippen molar-refractivity contribution in [1.82, 2.24) is 26.2 Å². The van der Waals surface area contributed by atoms with Crippen molar-refractivity contribution in [2.75, 3.05) is 110 Å². The van der Waals surface area contributed by atoms with Crippen molar-refractivity contribution in [3.05, 3.63) is 35.9 Å². The Balaban J connectivity index is 1.27. The van der Waals surface area contributed by atoms with Gasteiger partial charge in [0.05, 0.1) is 77.2 Å². The van der Waals surface area contributed by atoms with Crippen molar-refractivity contribution in [2.24, 2.45) is 5.41 Å². The van der Waals surface area contributed by atoms with E-state index in [-0.39, 0.29) is 129 Å². The number of nitrogens with one attached hydrogen (secondary N) is 5. The van der Waals surface area contributed by atoms with Crippen LogP contribution in [-0.4, -0.2) is 227 Å². The minimum atomic E-state index is -4.73. The molecule has 0 unspecified atom stereocenters. The number of nitrogens with zero attached hydrogens (tertiary/aromatic N) is 1. The van der Waals surface area contributed by atoms with Crippen LogP contribution in [0.5, 0.6) is 5.75 Å². The van der Waals surface area contributed by atoms with Gasteiger partial charge >= 0.3 is 5.97 Å². The molecule has 30 heteroatoms. The molecule has 1 saturated heterocycles. The molecule has 29 nitrogen and oxygen atoms in total. The Bertz CT molecular complexity index is 2210. The van der Waals surface area contributed by atoms with Gasteiger partial charge in [0.1, 0.15) is 55.2 Å². The topological polar surface area (TPSA) is 409 Å². The maximum Gasteiger partial charge on any atom is 0.311 e. The molecule has 10 N–H and O–H groups in total. The summed E-state index contributed by atoms with van der Waals surface area (Å²) in [6.45, 7) is 4.46. The predicted octanol–water partition coefficient (Wildman–Crippen LogP) is -4.21. The second-order valence-corrected chi connectivity index (χ2v) is 19.3. The van der Waals surface area contributed by atoms with Crippen LogP contribution in [0.3, 0.4) is 0 Å². The number of esters is 1. The highest BCUT2D eigenvalue weighted by molar-refractivity contribution is 7.85. The molecular formula is C46H70N6O23S. The number of hydrogen-bond acceptors (Lipinski definition) is 22. The van der Waals surface area contributed by atoms with E-state index in [1.165, 1.54) is 18.2 Å². The molecule has 0 radical (unpaired) electrons. The first-order chi connectivity index (χ1) is 36.0. The van der Waals surface area contributed by atoms with Gasteiger partial charge in [-0.1, -0.05) is 6.07 Å². The summed E-state index contributed by atoms with van der Waals surface area (Å²) in [4.78, 5) is 98.9. The number of carbonyl (C=O) groups is 8. The highest BCUT2D eigenvalue weighted by Gasteiger charge is 2.45. The Hall–Kier alpha value is -5.77. The van der Waals surface area contributed by atoms with E-state index in [0.717, 1.165) is 17.1 Å². The van der Waals surface area contributed by atoms with E-state index in [9.17, 15) is 71.8 Å². The summed E-state index contributed by atoms with van der Waals surface area (Å²) >= 11 is 0. The number of carbonyl (C=O) groups excluding carboxylic acids is 8. The largest absolute Gasteiger partial charge is 0.460 e. The number of benzene rings is 1. The van der Waals surface area contributed by atoms with Crippen LogP contribution in [0.2, 0.25) is 0 Å². The van der Waals surface area contributed by atoms with Gasteiger partial charge < -0.3 is 84.9 Å². The van der Waals surface area contributed by atoms with E-state index in [4.69, 9.17) is 37.9 Å². The molecule has 0 spiro atoms. The number of aliphatic hydroxyl groups is 4. The summed E-state index contributed by atoms with van der Waals surface area (Å²) in [5.74, 6) is -5.98. The molecule has 1 fully saturated rings. The molecule has 7 amide bonds. The Morgan fingerprint density at radius 2 is 1.30 bits per heavy atom. The molecule has 1 aromatic carbocycles. The fourth-order valence-electron chi connectivity index (χ4n) is 6.44. The van der Waals surface area contributed by atoms with Gasteiger partial charge in [0.25, 0.3) is 21.9 Å². The lowest BCUT2D eigenvalue weighted by Gasteiger charge is -2.39. The molecule has 0 aromatic heterocycles. The number of ether oxygens (including phenoxy) is 8. The molecule has 428 valence electrons. The first-order valence-electron chi connectivity index (χ1n) is 24.0. The third-order valence-corrected chi connectivity index (χ3v) is 11.2. The van der Waals surface area contributed by atoms with E-state index in [1.54, 1.807) is 20.8 Å². The second kappa shape index (κ2) is 33.4. The van der Waals surface area contributed by atoms with Gasteiger partial charge in [-0.2, -0.15) is 8.42 Å². The van der Waals surface area contributed by atoms with Crippen LogP contribution in [0.4, 0.5) is 5.69 Å². The summed E-state index contributed by atoms with van der Waals surface area (Å²) in [5, 5.41) is 52.7. The van der Waals surface area contributed by atoms with Crippen LogP contribution in [0, 0.1) is 5.41 Å². The number of imide groups is 1. The van der Waals surface area contributed by atoms with Crippen molar-refractivity contribution < 1.29 is 110 Å². The van der Waals surface area contributed by atoms with E-state index < -0.39 is 113 Å². The Labute approximate surface area is 438 Å². The van der Waals surface area contributed by atoms with Crippen LogP contribution in [0.25, 0.3) is 0 Å². The molecule has 1 aromatic rings. The highest BCUT2D eigenvalue weighted by Crippen LogP contribution is 2.31. The zero-order valence-electron chi connectivity index (χ0n) is 42.4. The van der Waals surface area contributed by atoms with Crippen molar-refractivity contribution in [2.45, 2.75) is 83.4 Å². The van der Waals surface area contributed by atoms with Crippen LogP contribution >= 0.6 is 0 Å². The molecule has 6 atom stereocenters.